The van der Waals surface area contributed by atoms with Crippen molar-refractivity contribution in [3.63, 3.8) is 0 Å². The van der Waals surface area contributed by atoms with Gasteiger partial charge in [-0.3, -0.25) is 4.99 Å². The number of nitrogens with zero attached hydrogens (tertiary/aromatic N) is 2. The second-order valence-electron chi connectivity index (χ2n) is 5.08. The van der Waals surface area contributed by atoms with Gasteiger partial charge in [-0.1, -0.05) is 11.6 Å². The van der Waals surface area contributed by atoms with Gasteiger partial charge in [-0.05, 0) is 42.5 Å². The van der Waals surface area contributed by atoms with Crippen LogP contribution < -0.4 is 4.90 Å². The summed E-state index contributed by atoms with van der Waals surface area (Å²) in [5, 5.41) is 10.3. The molecule has 22 heavy (non-hydrogen) atoms. The maximum absolute atomic E-state index is 9.76. The lowest BCUT2D eigenvalue weighted by Crippen LogP contribution is -2.36. The molecule has 0 bridgehead atoms. The minimum absolute atomic E-state index is 0.165. The second kappa shape index (κ2) is 6.81. The van der Waals surface area contributed by atoms with Gasteiger partial charge in [-0.15, -0.1) is 0 Å². The Labute approximate surface area is 134 Å². The van der Waals surface area contributed by atoms with Crippen LogP contribution in [0.4, 0.5) is 11.4 Å². The van der Waals surface area contributed by atoms with E-state index < -0.39 is 0 Å². The molecular weight excluding hydrogens is 300 g/mol. The van der Waals surface area contributed by atoms with Crippen LogP contribution in [0.3, 0.4) is 0 Å². The van der Waals surface area contributed by atoms with Gasteiger partial charge in [0, 0.05) is 35.6 Å². The molecule has 0 saturated carbocycles. The summed E-state index contributed by atoms with van der Waals surface area (Å²) >= 11 is 5.92. The zero-order valence-electron chi connectivity index (χ0n) is 12.1. The first-order valence-corrected chi connectivity index (χ1v) is 7.55. The zero-order valence-corrected chi connectivity index (χ0v) is 12.8. The zero-order chi connectivity index (χ0) is 15.4. The third-order valence-electron chi connectivity index (χ3n) is 3.57. The monoisotopic (exact) mass is 316 g/mol. The number of halogens is 1. The molecule has 0 aliphatic carbocycles. The van der Waals surface area contributed by atoms with Crippen molar-refractivity contribution in [1.29, 1.82) is 0 Å². The fraction of sp³-hybridized carbons (Fsp3) is 0.235. The third-order valence-corrected chi connectivity index (χ3v) is 3.80. The van der Waals surface area contributed by atoms with Crippen molar-refractivity contribution in [2.45, 2.75) is 0 Å². The van der Waals surface area contributed by atoms with E-state index in [1.807, 2.05) is 12.1 Å². The van der Waals surface area contributed by atoms with Crippen molar-refractivity contribution >= 4 is 29.2 Å². The molecule has 2 aromatic rings. The Hall–Kier alpha value is -2.04. The van der Waals surface area contributed by atoms with Crippen molar-refractivity contribution in [1.82, 2.24) is 0 Å². The number of benzene rings is 2. The van der Waals surface area contributed by atoms with Crippen molar-refractivity contribution < 1.29 is 9.84 Å². The molecule has 1 aliphatic heterocycles. The molecule has 3 rings (SSSR count). The highest BCUT2D eigenvalue weighted by atomic mass is 35.5. The van der Waals surface area contributed by atoms with Gasteiger partial charge in [0.05, 0.1) is 18.9 Å². The number of phenolic OH excluding ortho intramolecular Hbond substituents is 1. The van der Waals surface area contributed by atoms with Gasteiger partial charge in [0.25, 0.3) is 0 Å². The van der Waals surface area contributed by atoms with Crippen molar-refractivity contribution in [2.75, 3.05) is 31.2 Å². The molecule has 1 saturated heterocycles. The number of morpholine rings is 1. The number of phenols is 1. The Balaban J connectivity index is 1.72. The molecule has 0 aromatic heterocycles. The first kappa shape index (κ1) is 14.9. The van der Waals surface area contributed by atoms with Crippen molar-refractivity contribution in [3.05, 3.63) is 53.1 Å². The Morgan fingerprint density at radius 1 is 1.09 bits per heavy atom. The van der Waals surface area contributed by atoms with Crippen molar-refractivity contribution in [2.24, 2.45) is 4.99 Å². The van der Waals surface area contributed by atoms with Crippen LogP contribution in [0.1, 0.15) is 5.56 Å². The molecule has 1 fully saturated rings. The average Bonchev–Trinajstić information content (AvgIpc) is 2.57. The minimum Gasteiger partial charge on any atom is -0.507 e. The van der Waals surface area contributed by atoms with Gasteiger partial charge >= 0.3 is 0 Å². The van der Waals surface area contributed by atoms with Gasteiger partial charge in [-0.2, -0.15) is 0 Å². The lowest BCUT2D eigenvalue weighted by atomic mass is 10.2. The minimum atomic E-state index is 0.165. The van der Waals surface area contributed by atoms with Crippen LogP contribution in [-0.4, -0.2) is 37.6 Å². The predicted molar refractivity (Wildman–Crippen MR) is 89.8 cm³/mol. The van der Waals surface area contributed by atoms with Crippen LogP contribution in [-0.2, 0) is 4.74 Å². The molecule has 4 nitrogen and oxygen atoms in total. The summed E-state index contributed by atoms with van der Waals surface area (Å²) in [5.74, 6) is 0.165. The maximum Gasteiger partial charge on any atom is 0.124 e. The van der Waals surface area contributed by atoms with E-state index >= 15 is 0 Å². The van der Waals surface area contributed by atoms with Crippen LogP contribution in [0, 0.1) is 0 Å². The first-order valence-electron chi connectivity index (χ1n) is 7.18. The summed E-state index contributed by atoms with van der Waals surface area (Å²) in [7, 11) is 0. The quantitative estimate of drug-likeness (QED) is 0.879. The van der Waals surface area contributed by atoms with Gasteiger partial charge in [-0.25, -0.2) is 0 Å². The molecule has 0 atom stereocenters. The summed E-state index contributed by atoms with van der Waals surface area (Å²) < 4.78 is 5.35. The lowest BCUT2D eigenvalue weighted by Gasteiger charge is -2.28. The summed E-state index contributed by atoms with van der Waals surface area (Å²) in [4.78, 5) is 6.67. The largest absolute Gasteiger partial charge is 0.507 e. The molecular formula is C17H17ClN2O2. The number of aromatic hydroxyl groups is 1. The lowest BCUT2D eigenvalue weighted by molar-refractivity contribution is 0.122. The summed E-state index contributed by atoms with van der Waals surface area (Å²) in [6.45, 7) is 3.37. The average molecular weight is 317 g/mol. The highest BCUT2D eigenvalue weighted by molar-refractivity contribution is 6.30. The number of hydrogen-bond donors (Lipinski definition) is 1. The van der Waals surface area contributed by atoms with Crippen LogP contribution >= 0.6 is 11.6 Å². The first-order chi connectivity index (χ1) is 10.7. The number of anilines is 1. The SMILES string of the molecule is Oc1ccc(Cl)cc1C=Nc1ccc(N2CCOCC2)cc1. The maximum atomic E-state index is 9.76. The van der Waals surface area contributed by atoms with E-state index in [0.717, 1.165) is 32.0 Å². The number of ether oxygens (including phenoxy) is 1. The van der Waals surface area contributed by atoms with E-state index in [-0.39, 0.29) is 5.75 Å². The van der Waals surface area contributed by atoms with Gasteiger partial charge < -0.3 is 14.7 Å². The molecule has 1 N–H and O–H groups in total. The highest BCUT2D eigenvalue weighted by Crippen LogP contribution is 2.23. The highest BCUT2D eigenvalue weighted by Gasteiger charge is 2.10. The molecule has 1 heterocycles. The predicted octanol–water partition coefficient (Wildman–Crippen LogP) is 3.63. The molecule has 0 amide bonds. The molecule has 5 heteroatoms. The Kier molecular flexibility index (Phi) is 4.61. The number of hydrogen-bond acceptors (Lipinski definition) is 4. The van der Waals surface area contributed by atoms with Crippen LogP contribution in [0.2, 0.25) is 5.02 Å². The van der Waals surface area contributed by atoms with Gasteiger partial charge in [0.2, 0.25) is 0 Å². The van der Waals surface area contributed by atoms with E-state index in [2.05, 4.69) is 22.0 Å². The molecule has 0 unspecified atom stereocenters. The normalized spacial score (nSPS) is 15.4. The Morgan fingerprint density at radius 2 is 1.82 bits per heavy atom. The fourth-order valence-electron chi connectivity index (χ4n) is 2.34. The van der Waals surface area contributed by atoms with Crippen LogP contribution in [0.15, 0.2) is 47.5 Å². The Bertz CT molecular complexity index is 665. The Morgan fingerprint density at radius 3 is 2.55 bits per heavy atom. The van der Waals surface area contributed by atoms with E-state index in [9.17, 15) is 5.11 Å². The molecule has 1 aliphatic rings. The molecule has 114 valence electrons. The summed E-state index contributed by atoms with van der Waals surface area (Å²) in [6, 6.07) is 12.9. The fourth-order valence-corrected chi connectivity index (χ4v) is 2.52. The molecule has 0 spiro atoms. The number of rotatable bonds is 3. The van der Waals surface area contributed by atoms with E-state index in [4.69, 9.17) is 16.3 Å². The molecule has 0 radical (unpaired) electrons. The smallest absolute Gasteiger partial charge is 0.124 e. The summed E-state index contributed by atoms with van der Waals surface area (Å²) in [5.41, 5.74) is 2.61. The van der Waals surface area contributed by atoms with Crippen LogP contribution in [0.5, 0.6) is 5.75 Å². The molecule has 2 aromatic carbocycles. The standard InChI is InChI=1S/C17H17ClN2O2/c18-14-1-6-17(21)13(11-14)12-19-15-2-4-16(5-3-15)20-7-9-22-10-8-20/h1-6,11-12,21H,7-10H2. The number of aliphatic imine (C=N–C) groups is 1. The topological polar surface area (TPSA) is 45.1 Å². The van der Waals surface area contributed by atoms with Crippen LogP contribution in [0.25, 0.3) is 0 Å². The summed E-state index contributed by atoms with van der Waals surface area (Å²) in [6.07, 6.45) is 1.62. The van der Waals surface area contributed by atoms with Gasteiger partial charge in [0.15, 0.2) is 0 Å². The van der Waals surface area contributed by atoms with Gasteiger partial charge in [0.1, 0.15) is 5.75 Å². The third kappa shape index (κ3) is 3.59. The van der Waals surface area contributed by atoms with Crippen molar-refractivity contribution in [3.8, 4) is 5.75 Å². The van der Waals surface area contributed by atoms with E-state index in [0.29, 0.717) is 10.6 Å². The van der Waals surface area contributed by atoms with E-state index in [1.165, 1.54) is 5.69 Å². The second-order valence-corrected chi connectivity index (χ2v) is 5.51. The van der Waals surface area contributed by atoms with E-state index in [1.54, 1.807) is 24.4 Å².